The quantitative estimate of drug-likeness (QED) is 0.876. The maximum atomic E-state index is 12.5. The van der Waals surface area contributed by atoms with Crippen LogP contribution < -0.4 is 16.0 Å². The van der Waals surface area contributed by atoms with E-state index in [1.165, 1.54) is 0 Å². The van der Waals surface area contributed by atoms with Gasteiger partial charge in [-0.1, -0.05) is 25.1 Å². The summed E-state index contributed by atoms with van der Waals surface area (Å²) in [6.45, 7) is 5.56. The summed E-state index contributed by atoms with van der Waals surface area (Å²) in [5.41, 5.74) is 6.60. The van der Waals surface area contributed by atoms with E-state index in [1.807, 2.05) is 37.3 Å². The standard InChI is InChI=1S/C16H23N3O2/c1-10-9-14(18-15(20)11(2)12(3)17)16(21)19(10)13-7-5-4-6-8-13/h4-8,10-12,14H,9,17H2,1-3H3,(H,18,20). The van der Waals surface area contributed by atoms with E-state index in [-0.39, 0.29) is 29.8 Å². The summed E-state index contributed by atoms with van der Waals surface area (Å²) in [4.78, 5) is 26.3. The lowest BCUT2D eigenvalue weighted by Crippen LogP contribution is -2.46. The molecule has 2 amide bonds. The highest BCUT2D eigenvalue weighted by Crippen LogP contribution is 2.26. The third kappa shape index (κ3) is 3.24. The predicted molar refractivity (Wildman–Crippen MR) is 82.8 cm³/mol. The third-order valence-electron chi connectivity index (χ3n) is 4.11. The number of carbonyl (C=O) groups excluding carboxylic acids is 2. The first-order valence-corrected chi connectivity index (χ1v) is 7.36. The largest absolute Gasteiger partial charge is 0.344 e. The lowest BCUT2D eigenvalue weighted by Gasteiger charge is -2.22. The fraction of sp³-hybridized carbons (Fsp3) is 0.500. The smallest absolute Gasteiger partial charge is 0.249 e. The Morgan fingerprint density at radius 2 is 1.95 bits per heavy atom. The Balaban J connectivity index is 2.08. The van der Waals surface area contributed by atoms with Crippen molar-refractivity contribution in [2.45, 2.75) is 45.3 Å². The Bertz CT molecular complexity index is 516. The molecule has 3 N–H and O–H groups in total. The molecule has 0 aromatic heterocycles. The van der Waals surface area contributed by atoms with E-state index < -0.39 is 6.04 Å². The molecule has 1 saturated heterocycles. The first-order valence-electron chi connectivity index (χ1n) is 7.36. The molecule has 5 nitrogen and oxygen atoms in total. The fourth-order valence-electron chi connectivity index (χ4n) is 2.57. The molecule has 0 aliphatic carbocycles. The number of nitrogens with zero attached hydrogens (tertiary/aromatic N) is 1. The number of hydrogen-bond acceptors (Lipinski definition) is 3. The summed E-state index contributed by atoms with van der Waals surface area (Å²) in [5, 5.41) is 2.83. The molecule has 0 radical (unpaired) electrons. The van der Waals surface area contributed by atoms with Crippen molar-refractivity contribution in [2.24, 2.45) is 11.7 Å². The maximum Gasteiger partial charge on any atom is 0.249 e. The van der Waals surface area contributed by atoms with Gasteiger partial charge in [0.1, 0.15) is 6.04 Å². The number of nitrogens with two attached hydrogens (primary N) is 1. The Kier molecular flexibility index (Phi) is 4.63. The number of carbonyl (C=O) groups is 2. The molecule has 4 atom stereocenters. The van der Waals surface area contributed by atoms with Crippen molar-refractivity contribution in [2.75, 3.05) is 4.90 Å². The molecular formula is C16H23N3O2. The molecule has 1 heterocycles. The monoisotopic (exact) mass is 289 g/mol. The van der Waals surface area contributed by atoms with E-state index in [9.17, 15) is 9.59 Å². The number of anilines is 1. The number of nitrogens with one attached hydrogen (secondary N) is 1. The molecule has 1 aliphatic heterocycles. The molecule has 1 aliphatic rings. The first kappa shape index (κ1) is 15.5. The van der Waals surface area contributed by atoms with Crippen LogP contribution in [0.25, 0.3) is 0 Å². The van der Waals surface area contributed by atoms with Gasteiger partial charge in [-0.2, -0.15) is 0 Å². The third-order valence-corrected chi connectivity index (χ3v) is 4.11. The van der Waals surface area contributed by atoms with Crippen molar-refractivity contribution in [3.05, 3.63) is 30.3 Å². The van der Waals surface area contributed by atoms with Crippen LogP contribution in [0.3, 0.4) is 0 Å². The van der Waals surface area contributed by atoms with Gasteiger partial charge in [0.25, 0.3) is 0 Å². The van der Waals surface area contributed by atoms with Crippen LogP contribution >= 0.6 is 0 Å². The average molecular weight is 289 g/mol. The molecule has 5 heteroatoms. The minimum absolute atomic E-state index is 0.0566. The van der Waals surface area contributed by atoms with Gasteiger partial charge in [-0.25, -0.2) is 0 Å². The Morgan fingerprint density at radius 1 is 1.33 bits per heavy atom. The lowest BCUT2D eigenvalue weighted by molar-refractivity contribution is -0.129. The highest BCUT2D eigenvalue weighted by atomic mass is 16.2. The number of hydrogen-bond donors (Lipinski definition) is 2. The van der Waals surface area contributed by atoms with Crippen molar-refractivity contribution < 1.29 is 9.59 Å². The normalized spacial score (nSPS) is 24.8. The van der Waals surface area contributed by atoms with Gasteiger partial charge in [0.2, 0.25) is 11.8 Å². The van der Waals surface area contributed by atoms with Gasteiger partial charge >= 0.3 is 0 Å². The molecule has 21 heavy (non-hydrogen) atoms. The van der Waals surface area contributed by atoms with Gasteiger partial charge in [-0.05, 0) is 32.4 Å². The lowest BCUT2D eigenvalue weighted by atomic mass is 10.0. The molecule has 0 saturated carbocycles. The summed E-state index contributed by atoms with van der Waals surface area (Å²) in [6, 6.07) is 8.90. The van der Waals surface area contributed by atoms with Crippen molar-refractivity contribution in [3.63, 3.8) is 0 Å². The van der Waals surface area contributed by atoms with Crippen LogP contribution in [0, 0.1) is 5.92 Å². The van der Waals surface area contributed by atoms with Crippen LogP contribution in [-0.2, 0) is 9.59 Å². The van der Waals surface area contributed by atoms with Gasteiger partial charge in [-0.15, -0.1) is 0 Å². The van der Waals surface area contributed by atoms with E-state index in [1.54, 1.807) is 18.7 Å². The zero-order valence-electron chi connectivity index (χ0n) is 12.7. The van der Waals surface area contributed by atoms with Gasteiger partial charge in [0, 0.05) is 23.7 Å². The Morgan fingerprint density at radius 3 is 2.52 bits per heavy atom. The van der Waals surface area contributed by atoms with Crippen LogP contribution in [0.4, 0.5) is 5.69 Å². The van der Waals surface area contributed by atoms with E-state index in [2.05, 4.69) is 5.32 Å². The van der Waals surface area contributed by atoms with Gasteiger partial charge in [0.05, 0.1) is 0 Å². The van der Waals surface area contributed by atoms with Crippen molar-refractivity contribution >= 4 is 17.5 Å². The number of rotatable bonds is 4. The second-order valence-electron chi connectivity index (χ2n) is 5.84. The van der Waals surface area contributed by atoms with Gasteiger partial charge < -0.3 is 16.0 Å². The van der Waals surface area contributed by atoms with Crippen molar-refractivity contribution in [1.29, 1.82) is 0 Å². The molecule has 0 spiro atoms. The van der Waals surface area contributed by atoms with Crippen LogP contribution in [0.2, 0.25) is 0 Å². The number of benzene rings is 1. The van der Waals surface area contributed by atoms with Crippen LogP contribution in [0.5, 0.6) is 0 Å². The maximum absolute atomic E-state index is 12.5. The summed E-state index contributed by atoms with van der Waals surface area (Å²) < 4.78 is 0. The van der Waals surface area contributed by atoms with Crippen molar-refractivity contribution in [3.8, 4) is 0 Å². The molecule has 1 aromatic rings. The summed E-state index contributed by atoms with van der Waals surface area (Å²) in [6.07, 6.45) is 0.616. The van der Waals surface area contributed by atoms with E-state index in [0.717, 1.165) is 5.69 Å². The molecule has 1 fully saturated rings. The number of amides is 2. The minimum Gasteiger partial charge on any atom is -0.344 e. The molecule has 4 unspecified atom stereocenters. The predicted octanol–water partition coefficient (Wildman–Crippen LogP) is 1.28. The van der Waals surface area contributed by atoms with E-state index in [0.29, 0.717) is 6.42 Å². The summed E-state index contributed by atoms with van der Waals surface area (Å²) in [5.74, 6) is -0.525. The molecule has 2 rings (SSSR count). The fourth-order valence-corrected chi connectivity index (χ4v) is 2.57. The van der Waals surface area contributed by atoms with Gasteiger partial charge in [-0.3, -0.25) is 9.59 Å². The topological polar surface area (TPSA) is 75.4 Å². The van der Waals surface area contributed by atoms with Crippen LogP contribution in [0.15, 0.2) is 30.3 Å². The highest BCUT2D eigenvalue weighted by Gasteiger charge is 2.39. The summed E-state index contributed by atoms with van der Waals surface area (Å²) >= 11 is 0. The zero-order valence-corrected chi connectivity index (χ0v) is 12.7. The SMILES string of the molecule is CC(N)C(C)C(=O)NC1CC(C)N(c2ccccc2)C1=O. The van der Waals surface area contributed by atoms with E-state index >= 15 is 0 Å². The molecule has 114 valence electrons. The molecular weight excluding hydrogens is 266 g/mol. The van der Waals surface area contributed by atoms with Crippen molar-refractivity contribution in [1.82, 2.24) is 5.32 Å². The van der Waals surface area contributed by atoms with E-state index in [4.69, 9.17) is 5.73 Å². The van der Waals surface area contributed by atoms with Gasteiger partial charge in [0.15, 0.2) is 0 Å². The highest BCUT2D eigenvalue weighted by molar-refractivity contribution is 6.02. The zero-order chi connectivity index (χ0) is 15.6. The molecule has 0 bridgehead atoms. The second kappa shape index (κ2) is 6.26. The summed E-state index contributed by atoms with van der Waals surface area (Å²) in [7, 11) is 0. The average Bonchev–Trinajstić information content (AvgIpc) is 2.73. The molecule has 1 aromatic carbocycles. The minimum atomic E-state index is -0.464. The van der Waals surface area contributed by atoms with Crippen LogP contribution in [-0.4, -0.2) is 29.9 Å². The number of para-hydroxylation sites is 1. The Labute approximate surface area is 125 Å². The van der Waals surface area contributed by atoms with Crippen LogP contribution in [0.1, 0.15) is 27.2 Å². The second-order valence-corrected chi connectivity index (χ2v) is 5.84. The first-order chi connectivity index (χ1) is 9.91. The Hall–Kier alpha value is -1.88.